The highest BCUT2D eigenvalue weighted by Crippen LogP contribution is 2.24. The number of nitrogens with zero attached hydrogens (tertiary/aromatic N) is 2. The molecule has 0 spiro atoms. The minimum absolute atomic E-state index is 0.0394. The minimum atomic E-state index is -1.52. The van der Waals surface area contributed by atoms with Gasteiger partial charge in [-0.1, -0.05) is 55.5 Å². The van der Waals surface area contributed by atoms with Gasteiger partial charge < -0.3 is 58.4 Å². The van der Waals surface area contributed by atoms with Gasteiger partial charge in [0.05, 0.1) is 24.2 Å². The highest BCUT2D eigenvalue weighted by Gasteiger charge is 2.42. The van der Waals surface area contributed by atoms with Crippen molar-refractivity contribution in [2.45, 2.75) is 120 Å². The van der Waals surface area contributed by atoms with Crippen LogP contribution in [0.1, 0.15) is 69.4 Å². The van der Waals surface area contributed by atoms with Crippen molar-refractivity contribution >= 4 is 46.4 Å². The highest BCUT2D eigenvalue weighted by molar-refractivity contribution is 5.93. The third-order valence-corrected chi connectivity index (χ3v) is 11.5. The molecule has 1 aromatic heterocycles. The zero-order valence-corrected chi connectivity index (χ0v) is 35.2. The maximum absolute atomic E-state index is 14.4. The Labute approximate surface area is 361 Å². The number of primary amides is 1. The molecule has 0 bridgehead atoms. The van der Waals surface area contributed by atoms with Crippen molar-refractivity contribution in [1.82, 2.24) is 36.5 Å². The zero-order chi connectivity index (χ0) is 44.8. The number of nitrogens with two attached hydrogens (primary N) is 3. The number of nitrogens with one attached hydrogen (secondary N) is 6. The van der Waals surface area contributed by atoms with Gasteiger partial charge in [0.25, 0.3) is 0 Å². The van der Waals surface area contributed by atoms with Crippen LogP contribution in [0.3, 0.4) is 0 Å². The Balaban J connectivity index is 1.49. The third kappa shape index (κ3) is 13.7. The molecule has 3 aromatic rings. The molecule has 2 aliphatic heterocycles. The number of aromatic nitrogens is 1. The van der Waals surface area contributed by atoms with Crippen LogP contribution >= 0.6 is 0 Å². The second-order valence-corrected chi connectivity index (χ2v) is 16.3. The zero-order valence-electron chi connectivity index (χ0n) is 35.2. The fourth-order valence-corrected chi connectivity index (χ4v) is 8.05. The molecule has 0 saturated carbocycles. The first kappa shape index (κ1) is 47.4. The number of aliphatic hydroxyl groups excluding tert-OH is 3. The SMILES string of the molecule is C[C@H]1CCC(=O)NCCCC[C@@H](C(N)=O)N[C@@H](O)[C@H](Cc2c[nH]c3ccccc23)N[C@@H](O)[C@H](CCCN=C(N)N)NC(=O)[C@@H](Cc2ccccc2)NC(=O)[C@@H]2C[C@@H](O)CN2C1=O. The molecule has 62 heavy (non-hydrogen) atoms. The average Bonchev–Trinajstić information content (AvgIpc) is 3.85. The second-order valence-electron chi connectivity index (χ2n) is 16.3. The molecule has 0 aliphatic carbocycles. The fraction of sp³-hybridized carbons (Fsp3) is 0.535. The standard InChI is InChI=1S/C43H63N11O8/c1-25-16-17-36(56)47-18-8-7-14-31(37(44)57)50-40(60)34(21-27-23-49-30-13-6-5-12-29(27)30)52-38(58)32(15-9-19-48-43(45)46)51-39(59)33(20-26-10-3-2-4-11-26)53-41(61)35-22-28(55)24-54(35)42(25)62/h2-6,10-13,23,25,28,31-35,38,40,49-50,52,55,58,60H,7-9,14-22,24H2,1H3,(H2,44,57)(H,47,56)(H,51,59)(H,53,61)(H4,45,46,48)/t25-,28+,31-,32-,33+,34-,35-,38-,40-/m0/s1. The summed E-state index contributed by atoms with van der Waals surface area (Å²) in [4.78, 5) is 76.2. The average molecular weight is 862 g/mol. The number of H-pyrrole nitrogens is 1. The van der Waals surface area contributed by atoms with Gasteiger partial charge in [0.2, 0.25) is 29.5 Å². The number of hydrogen-bond acceptors (Lipinski definition) is 11. The van der Waals surface area contributed by atoms with Gasteiger partial charge in [0, 0.05) is 61.9 Å². The Morgan fingerprint density at radius 2 is 1.58 bits per heavy atom. The molecule has 338 valence electrons. The first-order chi connectivity index (χ1) is 29.7. The number of para-hydroxylation sites is 1. The smallest absolute Gasteiger partial charge is 0.243 e. The van der Waals surface area contributed by atoms with Crippen molar-refractivity contribution in [2.24, 2.45) is 28.1 Å². The summed E-state index contributed by atoms with van der Waals surface area (Å²) in [5.74, 6) is -3.47. The molecule has 19 nitrogen and oxygen atoms in total. The van der Waals surface area contributed by atoms with Crippen LogP contribution in [0.5, 0.6) is 0 Å². The number of benzene rings is 2. The van der Waals surface area contributed by atoms with Crippen molar-refractivity contribution in [3.8, 4) is 0 Å². The summed E-state index contributed by atoms with van der Waals surface area (Å²) in [6.07, 6.45) is -0.147. The van der Waals surface area contributed by atoms with E-state index in [4.69, 9.17) is 17.2 Å². The normalized spacial score (nSPS) is 27.9. The predicted octanol–water partition coefficient (Wildman–Crippen LogP) is -1.31. The van der Waals surface area contributed by atoms with Gasteiger partial charge in [-0.05, 0) is 62.1 Å². The van der Waals surface area contributed by atoms with Crippen molar-refractivity contribution in [2.75, 3.05) is 19.6 Å². The van der Waals surface area contributed by atoms with Crippen molar-refractivity contribution in [3.05, 3.63) is 71.9 Å². The third-order valence-electron chi connectivity index (χ3n) is 11.5. The summed E-state index contributed by atoms with van der Waals surface area (Å²) < 4.78 is 0. The number of carbonyl (C=O) groups is 5. The Hall–Kier alpha value is -5.60. The van der Waals surface area contributed by atoms with Crippen LogP contribution in [-0.2, 0) is 36.8 Å². The maximum Gasteiger partial charge on any atom is 0.243 e. The minimum Gasteiger partial charge on any atom is -0.391 e. The van der Waals surface area contributed by atoms with Gasteiger partial charge in [-0.25, -0.2) is 0 Å². The first-order valence-electron chi connectivity index (χ1n) is 21.4. The number of amides is 5. The largest absolute Gasteiger partial charge is 0.391 e. The van der Waals surface area contributed by atoms with Gasteiger partial charge in [-0.3, -0.25) is 39.6 Å². The van der Waals surface area contributed by atoms with E-state index in [0.717, 1.165) is 16.5 Å². The van der Waals surface area contributed by atoms with Crippen molar-refractivity contribution in [1.29, 1.82) is 0 Å². The Bertz CT molecular complexity index is 1990. The van der Waals surface area contributed by atoms with E-state index in [2.05, 4.69) is 36.6 Å². The number of aliphatic imine (C=N–C) groups is 1. The Kier molecular flexibility index (Phi) is 17.6. The molecule has 0 radical (unpaired) electrons. The molecular weight excluding hydrogens is 799 g/mol. The second kappa shape index (κ2) is 23.0. The van der Waals surface area contributed by atoms with E-state index in [0.29, 0.717) is 31.4 Å². The Morgan fingerprint density at radius 3 is 2.32 bits per heavy atom. The first-order valence-corrected chi connectivity index (χ1v) is 21.4. The van der Waals surface area contributed by atoms with Gasteiger partial charge in [-0.2, -0.15) is 0 Å². The number of guanidine groups is 1. The molecule has 2 saturated heterocycles. The number of carbonyl (C=O) groups excluding carboxylic acids is 5. The van der Waals surface area contributed by atoms with E-state index in [1.54, 1.807) is 37.4 Å². The number of rotatable bonds is 9. The molecule has 9 atom stereocenters. The predicted molar refractivity (Wildman–Crippen MR) is 232 cm³/mol. The van der Waals surface area contributed by atoms with Crippen LogP contribution in [0.15, 0.2) is 65.8 Å². The molecule has 2 aromatic carbocycles. The van der Waals surface area contributed by atoms with E-state index in [1.807, 2.05) is 30.3 Å². The van der Waals surface area contributed by atoms with Crippen molar-refractivity contribution < 1.29 is 39.3 Å². The molecular formula is C43H63N11O8. The number of fused-ring (bicyclic) bond motifs is 2. The number of hydrogen-bond donors (Lipinski definition) is 12. The molecule has 3 heterocycles. The van der Waals surface area contributed by atoms with Crippen LogP contribution in [0.2, 0.25) is 0 Å². The lowest BCUT2D eigenvalue weighted by Gasteiger charge is -2.34. The summed E-state index contributed by atoms with van der Waals surface area (Å²) in [5.41, 5.74) is 19.3. The number of aliphatic hydroxyl groups is 3. The van der Waals surface area contributed by atoms with E-state index in [9.17, 15) is 39.3 Å². The molecule has 0 unspecified atom stereocenters. The maximum atomic E-state index is 14.4. The topological polar surface area (TPSA) is 316 Å². The Morgan fingerprint density at radius 1 is 0.855 bits per heavy atom. The summed E-state index contributed by atoms with van der Waals surface area (Å²) in [5, 5.41) is 49.9. The summed E-state index contributed by atoms with van der Waals surface area (Å²) >= 11 is 0. The van der Waals surface area contributed by atoms with Crippen molar-refractivity contribution in [3.63, 3.8) is 0 Å². The quantitative estimate of drug-likeness (QED) is 0.0679. The van der Waals surface area contributed by atoms with E-state index < -0.39 is 78.3 Å². The van der Waals surface area contributed by atoms with Crippen LogP contribution in [0.4, 0.5) is 0 Å². The van der Waals surface area contributed by atoms with E-state index >= 15 is 0 Å². The summed E-state index contributed by atoms with van der Waals surface area (Å²) in [7, 11) is 0. The lowest BCUT2D eigenvalue weighted by atomic mass is 10.00. The van der Waals surface area contributed by atoms with Crippen LogP contribution in [0.25, 0.3) is 10.9 Å². The van der Waals surface area contributed by atoms with Crippen LogP contribution < -0.4 is 43.8 Å². The van der Waals surface area contributed by atoms with Gasteiger partial charge in [0.1, 0.15) is 24.5 Å². The van der Waals surface area contributed by atoms with E-state index in [-0.39, 0.29) is 69.9 Å². The molecule has 2 fully saturated rings. The summed E-state index contributed by atoms with van der Waals surface area (Å²) in [6.45, 7) is 2.04. The highest BCUT2D eigenvalue weighted by atomic mass is 16.3. The lowest BCUT2D eigenvalue weighted by Crippen LogP contribution is -2.62. The lowest BCUT2D eigenvalue weighted by molar-refractivity contribution is -0.142. The number of aromatic amines is 1. The summed E-state index contributed by atoms with van der Waals surface area (Å²) in [6, 6.07) is 11.3. The molecule has 19 heteroatoms. The van der Waals surface area contributed by atoms with Gasteiger partial charge >= 0.3 is 0 Å². The molecule has 5 amide bonds. The van der Waals surface area contributed by atoms with Gasteiger partial charge in [0.15, 0.2) is 5.96 Å². The monoisotopic (exact) mass is 861 g/mol. The van der Waals surface area contributed by atoms with Crippen LogP contribution in [0, 0.1) is 5.92 Å². The van der Waals surface area contributed by atoms with Crippen LogP contribution in [-0.4, -0.2) is 129 Å². The van der Waals surface area contributed by atoms with Gasteiger partial charge in [-0.15, -0.1) is 0 Å². The molecule has 15 N–H and O–H groups in total. The van der Waals surface area contributed by atoms with E-state index in [1.165, 1.54) is 4.90 Å². The molecule has 5 rings (SSSR count). The molecule has 2 aliphatic rings. The fourth-order valence-electron chi connectivity index (χ4n) is 8.05.